The van der Waals surface area contributed by atoms with Crippen molar-refractivity contribution in [2.75, 3.05) is 18.0 Å². The molecule has 25 heavy (non-hydrogen) atoms. The SMILES string of the molecule is O=C(CCc1ccc(C(F)(F)F)cc1)N[C@@H]1CCN(c2nccs2)C1. The Hall–Kier alpha value is -2.09. The van der Waals surface area contributed by atoms with E-state index in [1.807, 2.05) is 5.38 Å². The number of nitrogens with one attached hydrogen (secondary N) is 1. The van der Waals surface area contributed by atoms with Crippen molar-refractivity contribution in [1.29, 1.82) is 0 Å². The van der Waals surface area contributed by atoms with Gasteiger partial charge in [-0.05, 0) is 30.5 Å². The molecule has 0 unspecified atom stereocenters. The lowest BCUT2D eigenvalue weighted by molar-refractivity contribution is -0.137. The van der Waals surface area contributed by atoms with Gasteiger partial charge in [0.1, 0.15) is 0 Å². The topological polar surface area (TPSA) is 45.2 Å². The van der Waals surface area contributed by atoms with Gasteiger partial charge in [-0.25, -0.2) is 4.98 Å². The largest absolute Gasteiger partial charge is 0.416 e. The number of alkyl halides is 3. The van der Waals surface area contributed by atoms with E-state index in [2.05, 4.69) is 15.2 Å². The van der Waals surface area contributed by atoms with Crippen LogP contribution >= 0.6 is 11.3 Å². The second-order valence-electron chi connectivity index (χ2n) is 6.01. The van der Waals surface area contributed by atoms with Crippen LogP contribution in [-0.2, 0) is 17.4 Å². The minimum absolute atomic E-state index is 0.0779. The summed E-state index contributed by atoms with van der Waals surface area (Å²) in [5.74, 6) is -0.0779. The Morgan fingerprint density at radius 2 is 2.08 bits per heavy atom. The summed E-state index contributed by atoms with van der Waals surface area (Å²) in [5.41, 5.74) is 0.0490. The smallest absolute Gasteiger partial charge is 0.352 e. The number of aryl methyl sites for hydroxylation is 1. The summed E-state index contributed by atoms with van der Waals surface area (Å²) in [5, 5.41) is 5.87. The molecule has 134 valence electrons. The van der Waals surface area contributed by atoms with Gasteiger partial charge in [0.15, 0.2) is 5.13 Å². The highest BCUT2D eigenvalue weighted by Crippen LogP contribution is 2.29. The molecular formula is C17H18F3N3OS. The molecule has 1 aromatic carbocycles. The summed E-state index contributed by atoms with van der Waals surface area (Å²) in [6.45, 7) is 1.59. The summed E-state index contributed by atoms with van der Waals surface area (Å²) >= 11 is 1.57. The van der Waals surface area contributed by atoms with E-state index in [1.54, 1.807) is 17.5 Å². The maximum absolute atomic E-state index is 12.5. The van der Waals surface area contributed by atoms with Gasteiger partial charge in [-0.1, -0.05) is 12.1 Å². The van der Waals surface area contributed by atoms with Crippen LogP contribution in [0.25, 0.3) is 0 Å². The van der Waals surface area contributed by atoms with E-state index in [9.17, 15) is 18.0 Å². The van der Waals surface area contributed by atoms with E-state index in [0.717, 1.165) is 42.3 Å². The molecule has 0 bridgehead atoms. The highest BCUT2D eigenvalue weighted by Gasteiger charge is 2.30. The summed E-state index contributed by atoms with van der Waals surface area (Å²) < 4.78 is 37.6. The number of carbonyl (C=O) groups is 1. The van der Waals surface area contributed by atoms with Gasteiger partial charge in [0.05, 0.1) is 5.56 Å². The van der Waals surface area contributed by atoms with Crippen LogP contribution < -0.4 is 10.2 Å². The molecule has 1 fully saturated rings. The normalized spacial score (nSPS) is 17.7. The van der Waals surface area contributed by atoms with Crippen LogP contribution in [-0.4, -0.2) is 30.0 Å². The highest BCUT2D eigenvalue weighted by atomic mass is 32.1. The van der Waals surface area contributed by atoms with Crippen LogP contribution in [0.15, 0.2) is 35.8 Å². The molecule has 2 heterocycles. The molecule has 0 saturated carbocycles. The predicted molar refractivity (Wildman–Crippen MR) is 90.6 cm³/mol. The van der Waals surface area contributed by atoms with Crippen molar-refractivity contribution < 1.29 is 18.0 Å². The molecule has 1 aliphatic rings. The first-order chi connectivity index (χ1) is 11.9. The molecule has 1 amide bonds. The Morgan fingerprint density at radius 1 is 1.32 bits per heavy atom. The van der Waals surface area contributed by atoms with E-state index in [1.165, 1.54) is 12.1 Å². The number of nitrogens with zero attached hydrogens (tertiary/aromatic N) is 2. The van der Waals surface area contributed by atoms with Crippen LogP contribution in [0.4, 0.5) is 18.3 Å². The fraction of sp³-hybridized carbons (Fsp3) is 0.412. The van der Waals surface area contributed by atoms with Gasteiger partial charge in [-0.15, -0.1) is 11.3 Å². The molecule has 1 N–H and O–H groups in total. The van der Waals surface area contributed by atoms with Crippen molar-refractivity contribution in [2.45, 2.75) is 31.5 Å². The van der Waals surface area contributed by atoms with Crippen molar-refractivity contribution in [3.63, 3.8) is 0 Å². The number of hydrogen-bond acceptors (Lipinski definition) is 4. The highest BCUT2D eigenvalue weighted by molar-refractivity contribution is 7.13. The number of benzene rings is 1. The Kier molecular flexibility index (Phi) is 5.27. The van der Waals surface area contributed by atoms with E-state index in [0.29, 0.717) is 6.42 Å². The monoisotopic (exact) mass is 369 g/mol. The Balaban J connectivity index is 1.44. The Morgan fingerprint density at radius 3 is 2.72 bits per heavy atom. The summed E-state index contributed by atoms with van der Waals surface area (Å²) in [6, 6.07) is 5.04. The number of aromatic nitrogens is 1. The molecular weight excluding hydrogens is 351 g/mol. The zero-order valence-corrected chi connectivity index (χ0v) is 14.2. The van der Waals surface area contributed by atoms with Crippen LogP contribution in [0.3, 0.4) is 0 Å². The summed E-state index contributed by atoms with van der Waals surface area (Å²) in [7, 11) is 0. The quantitative estimate of drug-likeness (QED) is 0.878. The number of thiazole rings is 1. The predicted octanol–water partition coefficient (Wildman–Crippen LogP) is 3.49. The fourth-order valence-electron chi connectivity index (χ4n) is 2.84. The van der Waals surface area contributed by atoms with Gasteiger partial charge < -0.3 is 10.2 Å². The number of carbonyl (C=O) groups excluding carboxylic acids is 1. The second-order valence-corrected chi connectivity index (χ2v) is 6.88. The first-order valence-electron chi connectivity index (χ1n) is 8.02. The first-order valence-corrected chi connectivity index (χ1v) is 8.90. The zero-order valence-electron chi connectivity index (χ0n) is 13.4. The van der Waals surface area contributed by atoms with Crippen molar-refractivity contribution in [1.82, 2.24) is 10.3 Å². The molecule has 8 heteroatoms. The number of amides is 1. The number of hydrogen-bond donors (Lipinski definition) is 1. The number of rotatable bonds is 5. The van der Waals surface area contributed by atoms with Gasteiger partial charge in [-0.3, -0.25) is 4.79 Å². The molecule has 1 aromatic heterocycles. The maximum Gasteiger partial charge on any atom is 0.416 e. The second kappa shape index (κ2) is 7.43. The standard InChI is InChI=1S/C17H18F3N3OS/c18-17(19,20)13-4-1-12(2-5-13)3-6-15(24)22-14-7-9-23(11-14)16-21-8-10-25-16/h1-2,4-5,8,10,14H,3,6-7,9,11H2,(H,22,24)/t14-/m1/s1. The average Bonchev–Trinajstić information content (AvgIpc) is 3.23. The van der Waals surface area contributed by atoms with Crippen LogP contribution in [0.2, 0.25) is 0 Å². The fourth-order valence-corrected chi connectivity index (χ4v) is 3.52. The van der Waals surface area contributed by atoms with E-state index in [4.69, 9.17) is 0 Å². The molecule has 2 aromatic rings. The van der Waals surface area contributed by atoms with Gasteiger partial charge >= 0.3 is 6.18 Å². The van der Waals surface area contributed by atoms with E-state index >= 15 is 0 Å². The summed E-state index contributed by atoms with van der Waals surface area (Å²) in [6.07, 6.45) is -1.02. The lowest BCUT2D eigenvalue weighted by Gasteiger charge is -2.15. The minimum atomic E-state index is -4.33. The van der Waals surface area contributed by atoms with Crippen molar-refractivity contribution in [3.8, 4) is 0 Å². The third kappa shape index (κ3) is 4.72. The first kappa shape index (κ1) is 17.7. The minimum Gasteiger partial charge on any atom is -0.352 e. The third-order valence-electron chi connectivity index (χ3n) is 4.17. The Labute approximate surface area is 147 Å². The molecule has 1 saturated heterocycles. The lowest BCUT2D eigenvalue weighted by atomic mass is 10.1. The number of halogens is 3. The molecule has 0 spiro atoms. The molecule has 0 aliphatic carbocycles. The molecule has 3 rings (SSSR count). The number of anilines is 1. The van der Waals surface area contributed by atoms with Crippen molar-refractivity contribution in [3.05, 3.63) is 47.0 Å². The Bertz CT molecular complexity index is 701. The lowest BCUT2D eigenvalue weighted by Crippen LogP contribution is -2.37. The third-order valence-corrected chi connectivity index (χ3v) is 5.00. The molecule has 1 atom stereocenters. The molecule has 1 aliphatic heterocycles. The molecule has 4 nitrogen and oxygen atoms in total. The average molecular weight is 369 g/mol. The van der Waals surface area contributed by atoms with Gasteiger partial charge in [0.25, 0.3) is 0 Å². The maximum atomic E-state index is 12.5. The van der Waals surface area contributed by atoms with Crippen LogP contribution in [0, 0.1) is 0 Å². The van der Waals surface area contributed by atoms with Crippen molar-refractivity contribution >= 4 is 22.4 Å². The van der Waals surface area contributed by atoms with Crippen LogP contribution in [0.5, 0.6) is 0 Å². The van der Waals surface area contributed by atoms with E-state index in [-0.39, 0.29) is 18.4 Å². The van der Waals surface area contributed by atoms with Gasteiger partial charge in [0, 0.05) is 37.1 Å². The van der Waals surface area contributed by atoms with Gasteiger partial charge in [-0.2, -0.15) is 13.2 Å². The summed E-state index contributed by atoms with van der Waals surface area (Å²) in [4.78, 5) is 18.5. The zero-order chi connectivity index (χ0) is 17.9. The molecule has 0 radical (unpaired) electrons. The van der Waals surface area contributed by atoms with Gasteiger partial charge in [0.2, 0.25) is 5.91 Å². The van der Waals surface area contributed by atoms with Crippen LogP contribution in [0.1, 0.15) is 24.0 Å². The van der Waals surface area contributed by atoms with Crippen molar-refractivity contribution in [2.24, 2.45) is 0 Å². The van der Waals surface area contributed by atoms with E-state index < -0.39 is 11.7 Å².